The van der Waals surface area contributed by atoms with E-state index in [1.807, 2.05) is 25.1 Å². The van der Waals surface area contributed by atoms with Crippen molar-refractivity contribution in [1.29, 1.82) is 5.26 Å². The van der Waals surface area contributed by atoms with Crippen LogP contribution >= 0.6 is 11.8 Å². The fourth-order valence-electron chi connectivity index (χ4n) is 4.16. The van der Waals surface area contributed by atoms with Gasteiger partial charge in [-0.1, -0.05) is 24.2 Å². The highest BCUT2D eigenvalue weighted by molar-refractivity contribution is 8.13. The third-order valence-corrected chi connectivity index (χ3v) is 6.70. The fraction of sp³-hybridized carbons (Fsp3) is 0.476. The molecule has 0 radical (unpaired) electrons. The molecule has 1 spiro atoms. The Bertz CT molecular complexity index is 784. The lowest BCUT2D eigenvalue weighted by molar-refractivity contribution is 0.115. The van der Waals surface area contributed by atoms with Gasteiger partial charge in [-0.25, -0.2) is 4.99 Å². The monoisotopic (exact) mass is 381 g/mol. The zero-order chi connectivity index (χ0) is 19.3. The van der Waals surface area contributed by atoms with E-state index in [0.29, 0.717) is 17.0 Å². The largest absolute Gasteiger partial charge is 0.355 e. The third-order valence-electron chi connectivity index (χ3n) is 5.81. The lowest BCUT2D eigenvalue weighted by Crippen LogP contribution is -2.46. The maximum atomic E-state index is 9.01. The van der Waals surface area contributed by atoms with Crippen LogP contribution in [0.2, 0.25) is 0 Å². The van der Waals surface area contributed by atoms with E-state index in [9.17, 15) is 0 Å². The summed E-state index contributed by atoms with van der Waals surface area (Å²) in [6.45, 7) is 7.62. The number of nitriles is 1. The Balaban J connectivity index is 1.63. The lowest BCUT2D eigenvalue weighted by atomic mass is 9.74. The van der Waals surface area contributed by atoms with E-state index < -0.39 is 0 Å². The van der Waals surface area contributed by atoms with Crippen molar-refractivity contribution in [3.8, 4) is 6.07 Å². The van der Waals surface area contributed by atoms with E-state index >= 15 is 0 Å². The Hall–Kier alpha value is -2.10. The predicted molar refractivity (Wildman–Crippen MR) is 113 cm³/mol. The van der Waals surface area contributed by atoms with Gasteiger partial charge in [-0.15, -0.1) is 0 Å². The van der Waals surface area contributed by atoms with E-state index in [2.05, 4.69) is 27.7 Å². The van der Waals surface area contributed by atoms with Gasteiger partial charge >= 0.3 is 0 Å². The number of hydrogen-bond donors (Lipinski definition) is 1. The lowest BCUT2D eigenvalue weighted by Gasteiger charge is -2.42. The van der Waals surface area contributed by atoms with Crippen molar-refractivity contribution < 1.29 is 0 Å². The molecule has 5 nitrogen and oxygen atoms in total. The Morgan fingerprint density at radius 1 is 1.41 bits per heavy atom. The topological polar surface area (TPSA) is 77.8 Å². The maximum Gasteiger partial charge on any atom is 0.146 e. The van der Waals surface area contributed by atoms with Crippen LogP contribution in [0.4, 0.5) is 0 Å². The molecule has 1 saturated heterocycles. The summed E-state index contributed by atoms with van der Waals surface area (Å²) in [5.41, 5.74) is 7.37. The second kappa shape index (κ2) is 8.73. The second-order valence-corrected chi connectivity index (χ2v) is 8.65. The van der Waals surface area contributed by atoms with Crippen LogP contribution in [0.25, 0.3) is 0 Å². The van der Waals surface area contributed by atoms with E-state index in [0.717, 1.165) is 48.1 Å². The van der Waals surface area contributed by atoms with Crippen LogP contribution in [0.1, 0.15) is 44.6 Å². The number of nitrogens with two attached hydrogens (primary N) is 1. The molecule has 1 aliphatic heterocycles. The van der Waals surface area contributed by atoms with Gasteiger partial charge in [0.15, 0.2) is 0 Å². The number of likely N-dealkylation sites (tertiary alicyclic amines) is 1. The summed E-state index contributed by atoms with van der Waals surface area (Å²) in [6.07, 6.45) is 7.74. The van der Waals surface area contributed by atoms with Crippen molar-refractivity contribution in [1.82, 2.24) is 4.90 Å². The van der Waals surface area contributed by atoms with Gasteiger partial charge < -0.3 is 10.6 Å². The minimum absolute atomic E-state index is 0.337. The summed E-state index contributed by atoms with van der Waals surface area (Å²) in [7, 11) is 0. The first-order chi connectivity index (χ1) is 13.1. The summed E-state index contributed by atoms with van der Waals surface area (Å²) in [4.78, 5) is 12.0. The maximum absolute atomic E-state index is 9.01. The summed E-state index contributed by atoms with van der Waals surface area (Å²) >= 11 is 1.54. The quantitative estimate of drug-likeness (QED) is 0.482. The van der Waals surface area contributed by atoms with Crippen LogP contribution in [0, 0.1) is 16.7 Å². The van der Waals surface area contributed by atoms with Crippen LogP contribution in [0.15, 0.2) is 51.2 Å². The van der Waals surface area contributed by atoms with Crippen molar-refractivity contribution in [2.24, 2.45) is 21.1 Å². The molecule has 1 aromatic rings. The zero-order valence-electron chi connectivity index (χ0n) is 15.9. The number of thioether (sulfide) groups is 1. The minimum Gasteiger partial charge on any atom is -0.355 e. The number of hydrogen-bond acceptors (Lipinski definition) is 6. The summed E-state index contributed by atoms with van der Waals surface area (Å²) in [6, 6.07) is 10.1. The highest BCUT2D eigenvalue weighted by atomic mass is 32.2. The number of aliphatic imine (C=N–C) groups is 2. The minimum atomic E-state index is 0.337. The Kier molecular flexibility index (Phi) is 6.35. The molecule has 27 heavy (non-hydrogen) atoms. The van der Waals surface area contributed by atoms with Gasteiger partial charge in [0, 0.05) is 24.0 Å². The molecule has 0 amide bonds. The SMILES string of the molecule is C=N/C(=C\N=C(/C)Sc1cccc(C#N)c1)N1CCC2(CCC[C@H]2N)CC1. The highest BCUT2D eigenvalue weighted by Gasteiger charge is 2.43. The standard InChI is InChI=1S/C21H27N5S/c1-16(27-18-6-3-5-17(13-18)14-22)25-15-20(24-2)26-11-9-21(10-12-26)8-4-7-19(21)23/h3,5-6,13,15,19H,2,4,7-12,23H2,1H3/b20-15+,25-16+/t19-/m1/s1. The second-order valence-electron chi connectivity index (χ2n) is 7.38. The van der Waals surface area contributed by atoms with Crippen LogP contribution in [0.5, 0.6) is 0 Å². The van der Waals surface area contributed by atoms with E-state index in [-0.39, 0.29) is 0 Å². The summed E-state index contributed by atoms with van der Waals surface area (Å²) in [5, 5.41) is 9.91. The normalized spacial score (nSPS) is 22.7. The van der Waals surface area contributed by atoms with Crippen molar-refractivity contribution >= 4 is 23.5 Å². The molecule has 1 heterocycles. The molecule has 0 bridgehead atoms. The molecular weight excluding hydrogens is 354 g/mol. The smallest absolute Gasteiger partial charge is 0.146 e. The highest BCUT2D eigenvalue weighted by Crippen LogP contribution is 2.45. The molecule has 2 N–H and O–H groups in total. The Morgan fingerprint density at radius 3 is 2.81 bits per heavy atom. The molecule has 1 saturated carbocycles. The van der Waals surface area contributed by atoms with Gasteiger partial charge in [0.1, 0.15) is 5.82 Å². The molecule has 1 atom stereocenters. The van der Waals surface area contributed by atoms with Crippen molar-refractivity contribution in [2.75, 3.05) is 13.1 Å². The molecule has 0 unspecified atom stereocenters. The van der Waals surface area contributed by atoms with Crippen LogP contribution in [-0.2, 0) is 0 Å². The fourth-order valence-corrected chi connectivity index (χ4v) is 4.94. The van der Waals surface area contributed by atoms with Crippen LogP contribution < -0.4 is 5.73 Å². The molecule has 3 rings (SSSR count). The summed E-state index contributed by atoms with van der Waals surface area (Å²) < 4.78 is 0. The van der Waals surface area contributed by atoms with Gasteiger partial charge in [-0.2, -0.15) is 5.26 Å². The Morgan fingerprint density at radius 2 is 2.19 bits per heavy atom. The predicted octanol–water partition coefficient (Wildman–Crippen LogP) is 4.16. The van der Waals surface area contributed by atoms with Crippen LogP contribution in [0.3, 0.4) is 0 Å². The van der Waals surface area contributed by atoms with Gasteiger partial charge in [0.05, 0.1) is 22.9 Å². The van der Waals surface area contributed by atoms with E-state index in [1.165, 1.54) is 12.8 Å². The molecule has 2 fully saturated rings. The molecular formula is C21H27N5S. The van der Waals surface area contributed by atoms with E-state index in [4.69, 9.17) is 11.0 Å². The first kappa shape index (κ1) is 19.7. The average Bonchev–Trinajstić information content (AvgIpc) is 3.03. The Labute approximate surface area is 166 Å². The van der Waals surface area contributed by atoms with Gasteiger partial charge in [-0.05, 0) is 62.9 Å². The first-order valence-electron chi connectivity index (χ1n) is 9.46. The zero-order valence-corrected chi connectivity index (χ0v) is 16.7. The third kappa shape index (κ3) is 4.60. The van der Waals surface area contributed by atoms with Gasteiger partial charge in [0.25, 0.3) is 0 Å². The van der Waals surface area contributed by atoms with E-state index in [1.54, 1.807) is 24.0 Å². The molecule has 6 heteroatoms. The van der Waals surface area contributed by atoms with Crippen LogP contribution in [-0.4, -0.2) is 35.8 Å². The number of rotatable bonds is 4. The average molecular weight is 382 g/mol. The molecule has 1 aromatic carbocycles. The molecule has 0 aromatic heterocycles. The first-order valence-corrected chi connectivity index (χ1v) is 10.3. The molecule has 142 valence electrons. The summed E-state index contributed by atoms with van der Waals surface area (Å²) in [5.74, 6) is 0.821. The van der Waals surface area contributed by atoms with Crippen molar-refractivity contribution in [3.63, 3.8) is 0 Å². The number of benzene rings is 1. The molecule has 2 aliphatic rings. The number of piperidine rings is 1. The van der Waals surface area contributed by atoms with Gasteiger partial charge in [0.2, 0.25) is 0 Å². The number of nitrogens with zero attached hydrogens (tertiary/aromatic N) is 4. The van der Waals surface area contributed by atoms with Crippen molar-refractivity contribution in [2.45, 2.75) is 50.0 Å². The van der Waals surface area contributed by atoms with Gasteiger partial charge in [-0.3, -0.25) is 4.99 Å². The van der Waals surface area contributed by atoms with Crippen molar-refractivity contribution in [3.05, 3.63) is 41.8 Å². The molecule has 1 aliphatic carbocycles.